The zero-order valence-corrected chi connectivity index (χ0v) is 14.0. The molecule has 0 unspecified atom stereocenters. The molecule has 0 amide bonds. The summed E-state index contributed by atoms with van der Waals surface area (Å²) in [4.78, 5) is 0. The fourth-order valence-corrected chi connectivity index (χ4v) is 4.36. The number of benzene rings is 1. The Morgan fingerprint density at radius 2 is 1.76 bits per heavy atom. The molecule has 1 fully saturated rings. The molecule has 118 valence electrons. The highest BCUT2D eigenvalue weighted by Crippen LogP contribution is 2.44. The van der Waals surface area contributed by atoms with Crippen molar-refractivity contribution in [3.8, 4) is 11.5 Å². The van der Waals surface area contributed by atoms with Crippen LogP contribution in [-0.4, -0.2) is 37.3 Å². The molecule has 9 heteroatoms. The molecule has 1 aromatic rings. The van der Waals surface area contributed by atoms with Crippen LogP contribution in [0.25, 0.3) is 0 Å². The molecule has 1 aliphatic heterocycles. The van der Waals surface area contributed by atoms with Crippen molar-refractivity contribution in [2.75, 3.05) is 13.7 Å². The first-order valence-electron chi connectivity index (χ1n) is 6.00. The van der Waals surface area contributed by atoms with Crippen LogP contribution < -0.4 is 9.47 Å². The molecule has 0 saturated carbocycles. The van der Waals surface area contributed by atoms with Crippen LogP contribution >= 0.6 is 34.8 Å². The third-order valence-corrected chi connectivity index (χ3v) is 5.34. The zero-order valence-electron chi connectivity index (χ0n) is 11.0. The van der Waals surface area contributed by atoms with Gasteiger partial charge in [-0.2, -0.15) is 8.42 Å². The van der Waals surface area contributed by atoms with E-state index in [0.717, 1.165) is 0 Å². The number of rotatable bonds is 5. The summed E-state index contributed by atoms with van der Waals surface area (Å²) < 4.78 is 36.4. The van der Waals surface area contributed by atoms with Crippen LogP contribution in [0.4, 0.5) is 0 Å². The second kappa shape index (κ2) is 6.38. The lowest BCUT2D eigenvalue weighted by molar-refractivity contribution is 0.128. The van der Waals surface area contributed by atoms with Gasteiger partial charge in [-0.15, -0.1) is 0 Å². The topological polar surface area (TPSA) is 61.8 Å². The number of hydrogen-bond donors (Lipinski definition) is 0. The van der Waals surface area contributed by atoms with E-state index in [1.54, 1.807) is 31.4 Å². The molecule has 2 rings (SSSR count). The SMILES string of the molecule is COc1ccc(OCC[C@@H]2[C@@H](C(Cl)(Cl)Cl)OS2(=O)=O)cc1. The molecule has 1 aromatic carbocycles. The van der Waals surface area contributed by atoms with Crippen LogP contribution in [-0.2, 0) is 14.3 Å². The minimum absolute atomic E-state index is 0.164. The molecule has 0 aromatic heterocycles. The molecule has 5 nitrogen and oxygen atoms in total. The highest BCUT2D eigenvalue weighted by atomic mass is 35.6. The molecule has 1 heterocycles. The van der Waals surface area contributed by atoms with Crippen LogP contribution in [0.2, 0.25) is 0 Å². The highest BCUT2D eigenvalue weighted by molar-refractivity contribution is 7.88. The number of halogens is 3. The molecule has 2 atom stereocenters. The molecule has 1 aliphatic rings. The van der Waals surface area contributed by atoms with Gasteiger partial charge in [0.1, 0.15) is 22.9 Å². The normalized spacial score (nSPS) is 24.2. The van der Waals surface area contributed by atoms with E-state index >= 15 is 0 Å². The van der Waals surface area contributed by atoms with Crippen molar-refractivity contribution in [1.82, 2.24) is 0 Å². The average Bonchev–Trinajstić information content (AvgIpc) is 2.41. The summed E-state index contributed by atoms with van der Waals surface area (Å²) in [6, 6.07) is 6.92. The van der Waals surface area contributed by atoms with Crippen LogP contribution in [0.1, 0.15) is 6.42 Å². The summed E-state index contributed by atoms with van der Waals surface area (Å²) in [6.45, 7) is 0.164. The Hall–Kier alpha value is -0.400. The van der Waals surface area contributed by atoms with E-state index in [1.807, 2.05) is 0 Å². The number of ether oxygens (including phenoxy) is 2. The van der Waals surface area contributed by atoms with Gasteiger partial charge in [0.05, 0.1) is 13.7 Å². The van der Waals surface area contributed by atoms with E-state index in [1.165, 1.54) is 0 Å². The second-order valence-electron chi connectivity index (χ2n) is 4.40. The molecule has 0 radical (unpaired) electrons. The maximum absolute atomic E-state index is 11.5. The Labute approximate surface area is 138 Å². The van der Waals surface area contributed by atoms with E-state index in [0.29, 0.717) is 11.5 Å². The van der Waals surface area contributed by atoms with Gasteiger partial charge in [-0.05, 0) is 24.3 Å². The van der Waals surface area contributed by atoms with E-state index in [-0.39, 0.29) is 13.0 Å². The van der Waals surface area contributed by atoms with Crippen LogP contribution in [0, 0.1) is 0 Å². The van der Waals surface area contributed by atoms with E-state index in [9.17, 15) is 8.42 Å². The van der Waals surface area contributed by atoms with E-state index < -0.39 is 25.3 Å². The number of methoxy groups -OCH3 is 1. The van der Waals surface area contributed by atoms with Gasteiger partial charge in [0.25, 0.3) is 10.1 Å². The van der Waals surface area contributed by atoms with Gasteiger partial charge in [-0.3, -0.25) is 4.18 Å². The van der Waals surface area contributed by atoms with E-state index in [4.69, 9.17) is 44.3 Å². The summed E-state index contributed by atoms with van der Waals surface area (Å²) in [7, 11) is -2.11. The third-order valence-electron chi connectivity index (χ3n) is 3.00. The summed E-state index contributed by atoms with van der Waals surface area (Å²) in [6.07, 6.45) is -0.806. The standard InChI is InChI=1S/C12H13Cl3O5S/c1-18-8-2-4-9(5-3-8)19-7-6-10-11(12(13,14)15)20-21(10,16)17/h2-5,10-11H,6-7H2,1H3/t10-,11+/m1/s1. The van der Waals surface area contributed by atoms with Gasteiger partial charge in [-0.25, -0.2) is 0 Å². The maximum Gasteiger partial charge on any atom is 0.273 e. The van der Waals surface area contributed by atoms with Gasteiger partial charge in [0.15, 0.2) is 0 Å². The Balaban J connectivity index is 1.89. The summed E-state index contributed by atoms with van der Waals surface area (Å²) in [5, 5.41) is -0.886. The number of alkyl halides is 3. The fourth-order valence-electron chi connectivity index (χ4n) is 1.90. The van der Waals surface area contributed by atoms with Crippen molar-refractivity contribution in [1.29, 1.82) is 0 Å². The smallest absolute Gasteiger partial charge is 0.273 e. The fraction of sp³-hybridized carbons (Fsp3) is 0.500. The Kier molecular flexibility index (Phi) is 5.15. The molecule has 0 aliphatic carbocycles. The van der Waals surface area contributed by atoms with Gasteiger partial charge in [0.2, 0.25) is 3.79 Å². The first-order chi connectivity index (χ1) is 9.74. The summed E-state index contributed by atoms with van der Waals surface area (Å²) in [5.41, 5.74) is 0. The molecule has 0 N–H and O–H groups in total. The molecule has 21 heavy (non-hydrogen) atoms. The third kappa shape index (κ3) is 4.07. The largest absolute Gasteiger partial charge is 0.497 e. The first-order valence-corrected chi connectivity index (χ1v) is 8.60. The van der Waals surface area contributed by atoms with Gasteiger partial charge >= 0.3 is 0 Å². The monoisotopic (exact) mass is 374 g/mol. The Morgan fingerprint density at radius 1 is 1.19 bits per heavy atom. The zero-order chi connectivity index (χ0) is 15.7. The minimum Gasteiger partial charge on any atom is -0.497 e. The van der Waals surface area contributed by atoms with Crippen molar-refractivity contribution in [3.05, 3.63) is 24.3 Å². The summed E-state index contributed by atoms with van der Waals surface area (Å²) in [5.74, 6) is 1.30. The molecule has 0 spiro atoms. The molecular formula is C12H13Cl3O5S. The Morgan fingerprint density at radius 3 is 2.24 bits per heavy atom. The van der Waals surface area contributed by atoms with Crippen molar-refractivity contribution in [2.45, 2.75) is 21.6 Å². The first kappa shape index (κ1) is 17.0. The molecule has 0 bridgehead atoms. The van der Waals surface area contributed by atoms with E-state index in [2.05, 4.69) is 4.18 Å². The van der Waals surface area contributed by atoms with Crippen molar-refractivity contribution < 1.29 is 22.1 Å². The van der Waals surface area contributed by atoms with Crippen molar-refractivity contribution in [2.24, 2.45) is 0 Å². The predicted molar refractivity (Wildman–Crippen MR) is 81.0 cm³/mol. The maximum atomic E-state index is 11.5. The highest BCUT2D eigenvalue weighted by Gasteiger charge is 2.56. The Bertz CT molecular complexity index is 582. The lowest BCUT2D eigenvalue weighted by atomic mass is 10.2. The molecule has 1 saturated heterocycles. The average molecular weight is 376 g/mol. The van der Waals surface area contributed by atoms with Crippen molar-refractivity contribution >= 4 is 44.9 Å². The van der Waals surface area contributed by atoms with Crippen molar-refractivity contribution in [3.63, 3.8) is 0 Å². The van der Waals surface area contributed by atoms with Gasteiger partial charge in [-0.1, -0.05) is 34.8 Å². The minimum atomic E-state index is -3.67. The van der Waals surface area contributed by atoms with Crippen LogP contribution in [0.5, 0.6) is 11.5 Å². The van der Waals surface area contributed by atoms with Gasteiger partial charge in [0, 0.05) is 6.42 Å². The molecular weight excluding hydrogens is 363 g/mol. The summed E-state index contributed by atoms with van der Waals surface area (Å²) >= 11 is 17.0. The lowest BCUT2D eigenvalue weighted by Gasteiger charge is -2.39. The van der Waals surface area contributed by atoms with Crippen LogP contribution in [0.15, 0.2) is 24.3 Å². The lowest BCUT2D eigenvalue weighted by Crippen LogP contribution is -2.56. The quantitative estimate of drug-likeness (QED) is 0.585. The predicted octanol–water partition coefficient (Wildman–Crippen LogP) is 2.93. The second-order valence-corrected chi connectivity index (χ2v) is 8.55. The van der Waals surface area contributed by atoms with Crippen LogP contribution in [0.3, 0.4) is 0 Å². The number of hydrogen-bond acceptors (Lipinski definition) is 5. The van der Waals surface area contributed by atoms with Gasteiger partial charge < -0.3 is 9.47 Å².